The molecule has 12 heteroatoms. The number of aliphatic hydroxyl groups is 4. The van der Waals surface area contributed by atoms with Gasteiger partial charge in [-0.05, 0) is 199 Å². The Kier molecular flexibility index (Phi) is 46.6. The molecule has 1 aromatic carbocycles. The SMILES string of the molecule is C/C=C(/C)CC[C@@H](C)[C@@H](O)[C@@H](C(=O)C(C)C)N(C)C(C)C.C=C(C)CC[C@@H](C)[C@@H](O)[C@@H](C(=O)C(C)C)N(C)C(C)C.C=CC=C(C)CC[C@@H](C)[C@@H](O)[C@@H](C(=O)C(C)C)N(C)C(C)C.CC(=Cc1ccccc1)CC[C@@H](C)[C@@H](O)[C@@H](C(=O)C(C)C)N(C)C(C)C. The normalized spacial score (nSPS) is 16.8. The van der Waals surface area contributed by atoms with E-state index in [1.54, 1.807) is 6.08 Å². The summed E-state index contributed by atoms with van der Waals surface area (Å²) in [6.07, 6.45) is 12.8. The number of carbonyl (C=O) groups is 4. The van der Waals surface area contributed by atoms with Crippen molar-refractivity contribution < 1.29 is 39.6 Å². The highest BCUT2D eigenvalue weighted by Crippen LogP contribution is 2.28. The van der Waals surface area contributed by atoms with Gasteiger partial charge < -0.3 is 20.4 Å². The molecule has 1 rings (SSSR count). The number of benzene rings is 1. The molecule has 0 unspecified atom stereocenters. The molecule has 0 fully saturated rings. The van der Waals surface area contributed by atoms with Crippen LogP contribution in [0.15, 0.2) is 84.0 Å². The van der Waals surface area contributed by atoms with Gasteiger partial charge in [0.05, 0.1) is 48.6 Å². The standard InChI is InChI=1S/C23H37NO2.C19H35NO2.C18H35NO2.C17H33NO2/c1-16(2)22(25)21(24(7)17(3)4)23(26)19(6)14-13-18(5)15-20-11-9-8-10-12-20;1-9-10-15(6)11-12-16(7)19(22)17(18(21)13(2)3)20(8)14(4)5;1-9-14(6)10-11-15(7)18(21)16(17(20)12(2)3)19(8)13(4)5;1-11(2)9-10-14(7)17(20)15(16(19)12(3)4)18(8)13(5)6/h8-12,15-17,19,21,23,26H,13-14H2,1-7H3;9-10,13-14,16-17,19,22H,1,11-12H2,2-8H3;9,12-13,15-16,18,21H,10-11H2,1-8H3;12-15,17,20H,1,9-10H2,2-8H3/b;;14-9-;/t19-,21-,23-;16-,17-,19-;15-,16-,18-;14-,15-,17-/m1111/s1. The van der Waals surface area contributed by atoms with E-state index in [-0.39, 0.29) is 94.6 Å². The first-order valence-electron chi connectivity index (χ1n) is 34.0. The minimum Gasteiger partial charge on any atom is -0.391 e. The Balaban J connectivity index is -0.00000111. The predicted octanol–water partition coefficient (Wildman–Crippen LogP) is 15.6. The van der Waals surface area contributed by atoms with Crippen molar-refractivity contribution in [2.24, 2.45) is 47.3 Å². The van der Waals surface area contributed by atoms with Crippen LogP contribution in [0.4, 0.5) is 0 Å². The van der Waals surface area contributed by atoms with E-state index in [0.29, 0.717) is 0 Å². The van der Waals surface area contributed by atoms with Crippen LogP contribution in [0.5, 0.6) is 0 Å². The molecule has 0 amide bonds. The van der Waals surface area contributed by atoms with Crippen LogP contribution in [0, 0.1) is 47.3 Å². The number of ketones is 4. The van der Waals surface area contributed by atoms with Gasteiger partial charge >= 0.3 is 0 Å². The smallest absolute Gasteiger partial charge is 0.155 e. The van der Waals surface area contributed by atoms with Crippen LogP contribution in [0.1, 0.15) is 230 Å². The van der Waals surface area contributed by atoms with Gasteiger partial charge in [-0.3, -0.25) is 38.8 Å². The van der Waals surface area contributed by atoms with Crippen molar-refractivity contribution in [1.29, 1.82) is 0 Å². The molecule has 0 aromatic heterocycles. The second-order valence-corrected chi connectivity index (χ2v) is 28.8. The molecule has 0 aliphatic rings. The lowest BCUT2D eigenvalue weighted by atomic mass is 9.86. The molecule has 0 saturated heterocycles. The maximum absolute atomic E-state index is 12.7. The molecule has 1 aromatic rings. The maximum Gasteiger partial charge on any atom is 0.155 e. The van der Waals surface area contributed by atoms with Crippen molar-refractivity contribution in [2.75, 3.05) is 28.2 Å². The zero-order valence-electron chi connectivity index (χ0n) is 62.5. The number of Topliss-reactive ketones (excluding diaryl/α,β-unsaturated/α-hetero) is 4. The Hall–Kier alpha value is -3.72. The van der Waals surface area contributed by atoms with E-state index in [2.05, 4.69) is 107 Å². The van der Waals surface area contributed by atoms with Crippen LogP contribution >= 0.6 is 0 Å². The molecular formula is C77H140N4O8. The van der Waals surface area contributed by atoms with Gasteiger partial charge in [0.25, 0.3) is 0 Å². The topological polar surface area (TPSA) is 162 Å². The minimum atomic E-state index is -0.651. The Morgan fingerprint density at radius 3 is 0.888 bits per heavy atom. The molecular weight excluding hydrogens is 1110 g/mol. The van der Waals surface area contributed by atoms with Gasteiger partial charge in [0.15, 0.2) is 23.1 Å². The quantitative estimate of drug-likeness (QED) is 0.0367. The van der Waals surface area contributed by atoms with Crippen molar-refractivity contribution in [2.45, 2.75) is 297 Å². The highest BCUT2D eigenvalue weighted by atomic mass is 16.3. The fourth-order valence-corrected chi connectivity index (χ4v) is 10.2. The Labute approximate surface area is 548 Å². The summed E-state index contributed by atoms with van der Waals surface area (Å²) in [4.78, 5) is 58.2. The molecule has 12 atom stereocenters. The van der Waals surface area contributed by atoms with E-state index in [1.807, 2.05) is 176 Å². The second-order valence-electron chi connectivity index (χ2n) is 28.8. The van der Waals surface area contributed by atoms with Crippen LogP contribution in [0.2, 0.25) is 0 Å². The van der Waals surface area contributed by atoms with Crippen molar-refractivity contribution >= 4 is 29.2 Å². The summed E-state index contributed by atoms with van der Waals surface area (Å²) in [6.45, 7) is 57.7. The zero-order chi connectivity index (χ0) is 70.1. The number of hydrogen-bond acceptors (Lipinski definition) is 12. The zero-order valence-corrected chi connectivity index (χ0v) is 62.5. The van der Waals surface area contributed by atoms with E-state index in [0.717, 1.165) is 56.9 Å². The lowest BCUT2D eigenvalue weighted by Crippen LogP contribution is -2.53. The number of carbonyl (C=O) groups excluding carboxylic acids is 4. The summed E-state index contributed by atoms with van der Waals surface area (Å²) in [5.74, 6) is 0.535. The molecule has 0 aliphatic carbocycles. The number of nitrogens with zero attached hydrogens (tertiary/aromatic N) is 4. The molecule has 12 nitrogen and oxygen atoms in total. The number of likely N-dealkylation sites (N-methyl/N-ethyl adjacent to an activating group) is 4. The molecule has 0 bridgehead atoms. The first-order chi connectivity index (χ1) is 41.0. The molecule has 89 heavy (non-hydrogen) atoms. The van der Waals surface area contributed by atoms with Crippen molar-refractivity contribution in [3.05, 3.63) is 89.6 Å². The Bertz CT molecular complexity index is 2250. The third-order valence-corrected chi connectivity index (χ3v) is 18.2. The third kappa shape index (κ3) is 34.1. The van der Waals surface area contributed by atoms with E-state index in [1.165, 1.54) is 22.3 Å². The molecule has 0 spiro atoms. The van der Waals surface area contributed by atoms with Crippen LogP contribution in [0.3, 0.4) is 0 Å². The predicted molar refractivity (Wildman–Crippen MR) is 382 cm³/mol. The highest BCUT2D eigenvalue weighted by Gasteiger charge is 2.39. The summed E-state index contributed by atoms with van der Waals surface area (Å²) >= 11 is 0. The number of aliphatic hydroxyl groups excluding tert-OH is 4. The lowest BCUT2D eigenvalue weighted by Gasteiger charge is -2.37. The lowest BCUT2D eigenvalue weighted by molar-refractivity contribution is -0.134. The van der Waals surface area contributed by atoms with Crippen LogP contribution < -0.4 is 0 Å². The molecule has 0 aliphatic heterocycles. The molecule has 0 heterocycles. The average Bonchev–Trinajstić information content (AvgIpc) is 3.68. The van der Waals surface area contributed by atoms with Gasteiger partial charge in [-0.25, -0.2) is 0 Å². The van der Waals surface area contributed by atoms with Gasteiger partial charge in [0.1, 0.15) is 0 Å². The van der Waals surface area contributed by atoms with Gasteiger partial charge in [-0.15, -0.1) is 6.58 Å². The first-order valence-corrected chi connectivity index (χ1v) is 34.0. The van der Waals surface area contributed by atoms with Crippen molar-refractivity contribution in [3.63, 3.8) is 0 Å². The second kappa shape index (κ2) is 46.4. The summed E-state index contributed by atoms with van der Waals surface area (Å²) < 4.78 is 0. The fourth-order valence-electron chi connectivity index (χ4n) is 10.2. The van der Waals surface area contributed by atoms with E-state index >= 15 is 0 Å². The first kappa shape index (κ1) is 89.5. The van der Waals surface area contributed by atoms with Gasteiger partial charge in [-0.2, -0.15) is 0 Å². The number of hydrogen-bond donors (Lipinski definition) is 4. The summed E-state index contributed by atoms with van der Waals surface area (Å²) in [6, 6.07) is 9.47. The fraction of sp³-hybridized carbons (Fsp3) is 0.740. The van der Waals surface area contributed by atoms with Gasteiger partial charge in [0.2, 0.25) is 0 Å². The van der Waals surface area contributed by atoms with Crippen molar-refractivity contribution in [1.82, 2.24) is 19.6 Å². The Morgan fingerprint density at radius 1 is 0.416 bits per heavy atom. The monoisotopic (exact) mass is 1250 g/mol. The van der Waals surface area contributed by atoms with Crippen LogP contribution in [-0.4, -0.2) is 164 Å². The largest absolute Gasteiger partial charge is 0.391 e. The molecule has 0 radical (unpaired) electrons. The summed E-state index contributed by atoms with van der Waals surface area (Å²) in [5.41, 5.74) is 6.19. The number of rotatable bonds is 38. The average molecular weight is 1250 g/mol. The van der Waals surface area contributed by atoms with Crippen molar-refractivity contribution in [3.8, 4) is 0 Å². The molecule has 516 valence electrons. The highest BCUT2D eigenvalue weighted by molar-refractivity contribution is 5.88. The summed E-state index contributed by atoms with van der Waals surface area (Å²) in [5, 5.41) is 43.0. The van der Waals surface area contributed by atoms with E-state index < -0.39 is 48.6 Å². The summed E-state index contributed by atoms with van der Waals surface area (Å²) in [7, 11) is 7.72. The third-order valence-electron chi connectivity index (χ3n) is 18.2. The van der Waals surface area contributed by atoms with Gasteiger partial charge in [0, 0.05) is 47.8 Å². The molecule has 4 N–H and O–H groups in total. The number of allylic oxidation sites excluding steroid dienone is 7. The minimum absolute atomic E-state index is 0.0584. The molecule has 0 saturated carbocycles. The van der Waals surface area contributed by atoms with Gasteiger partial charge in [-0.1, -0.05) is 167 Å². The van der Waals surface area contributed by atoms with E-state index in [4.69, 9.17) is 0 Å². The maximum atomic E-state index is 12.7. The van der Waals surface area contributed by atoms with Crippen LogP contribution in [0.25, 0.3) is 6.08 Å². The Morgan fingerprint density at radius 2 is 0.663 bits per heavy atom. The van der Waals surface area contributed by atoms with E-state index in [9.17, 15) is 39.6 Å². The van der Waals surface area contributed by atoms with Crippen LogP contribution in [-0.2, 0) is 19.2 Å².